The Balaban J connectivity index is 0.00000656. The molecule has 9 aromatic rings. The number of pyridine rings is 1. The Bertz CT molecular complexity index is 3700. The number of benzene rings is 7. The number of fused-ring (bicyclic) bond motifs is 4. The first-order valence-corrected chi connectivity index (χ1v) is 19.8. The van der Waals surface area contributed by atoms with Crippen molar-refractivity contribution in [3.63, 3.8) is 0 Å². The fourth-order valence-electron chi connectivity index (χ4n) is 7.76. The molecule has 0 aliphatic carbocycles. The minimum Gasteiger partial charge on any atom is -0.509 e. The number of ether oxygens (including phenoxy) is 1. The van der Waals surface area contributed by atoms with Crippen LogP contribution in [0.25, 0.3) is 49.9 Å². The summed E-state index contributed by atoms with van der Waals surface area (Å²) in [6.07, 6.45) is 0.952. The number of anilines is 4. The third-order valence-corrected chi connectivity index (χ3v) is 10.5. The van der Waals surface area contributed by atoms with E-state index in [1.165, 1.54) is 6.07 Å². The smallest absolute Gasteiger partial charge is 0.135 e. The topological polar surface area (TPSA) is 33.5 Å². The van der Waals surface area contributed by atoms with Gasteiger partial charge < -0.3 is 19.1 Å². The van der Waals surface area contributed by atoms with Crippen LogP contribution < -0.4 is 14.5 Å². The summed E-state index contributed by atoms with van der Waals surface area (Å²) < 4.78 is 114. The fraction of sp³-hybridized carbons (Fsp3) is 0.127. The molecule has 0 fully saturated rings. The Hall–Kier alpha value is -6.42. The van der Waals surface area contributed by atoms with E-state index in [2.05, 4.69) is 17.1 Å². The Morgan fingerprint density at radius 2 is 1.41 bits per heavy atom. The van der Waals surface area contributed by atoms with Gasteiger partial charge in [0.1, 0.15) is 5.82 Å². The van der Waals surface area contributed by atoms with Crippen LogP contribution in [-0.4, -0.2) is 9.55 Å². The predicted octanol–water partition coefficient (Wildman–Crippen LogP) is 14.6. The molecule has 1 aliphatic heterocycles. The molecule has 2 aromatic heterocycles. The molecule has 10 rings (SSSR count). The molecule has 1 aliphatic rings. The van der Waals surface area contributed by atoms with Crippen LogP contribution in [0.2, 0.25) is 0 Å². The van der Waals surface area contributed by atoms with Gasteiger partial charge in [-0.05, 0) is 81.9 Å². The van der Waals surface area contributed by atoms with E-state index in [1.807, 2.05) is 99.3 Å². The van der Waals surface area contributed by atoms with Gasteiger partial charge in [-0.15, -0.1) is 48.1 Å². The molecule has 6 heteroatoms. The van der Waals surface area contributed by atoms with Crippen LogP contribution in [0.1, 0.15) is 61.7 Å². The Kier molecular flexibility index (Phi) is 7.65. The zero-order valence-corrected chi connectivity index (χ0v) is 36.0. The van der Waals surface area contributed by atoms with Crippen molar-refractivity contribution in [1.29, 1.82) is 0 Å². The van der Waals surface area contributed by atoms with Crippen molar-refractivity contribution in [2.75, 3.05) is 9.80 Å². The van der Waals surface area contributed by atoms with Gasteiger partial charge in [0, 0.05) is 72.4 Å². The zero-order chi connectivity index (χ0) is 51.2. The Labute approximate surface area is 390 Å². The first-order chi connectivity index (χ1) is 34.3. The van der Waals surface area contributed by atoms with Crippen LogP contribution in [0, 0.1) is 18.8 Å². The first-order valence-electron chi connectivity index (χ1n) is 25.8. The Morgan fingerprint density at radius 1 is 0.705 bits per heavy atom. The summed E-state index contributed by atoms with van der Waals surface area (Å²) in [7, 11) is 0. The second kappa shape index (κ2) is 16.6. The van der Waals surface area contributed by atoms with E-state index in [0.29, 0.717) is 69.3 Å². The number of rotatable bonds is 9. The number of aryl methyl sites for hydroxylation is 1. The predicted molar refractivity (Wildman–Crippen MR) is 248 cm³/mol. The van der Waals surface area contributed by atoms with Crippen LogP contribution in [-0.2, 0) is 32.9 Å². The van der Waals surface area contributed by atoms with Gasteiger partial charge in [-0.1, -0.05) is 130 Å². The van der Waals surface area contributed by atoms with Crippen molar-refractivity contribution >= 4 is 44.6 Å². The molecule has 3 heterocycles. The molecular formula is C55H45N4OPt-3. The SMILES string of the molecule is [2H]c1cc([2H])c(-c2cc(CCC)cc(-c3c([2H])c([2H])c([2H])c([2H])c3[2H])c2N2[CH-]N(c3[c-]c(Oc4[c-]c5c(cc4)c4ccccc4n5-c4nc([2H])c([2H])c(C(C)(C)C)c4[2H])ccc3)c3ccccc32)c([2H])c1[2H].[Pt]. The summed E-state index contributed by atoms with van der Waals surface area (Å²) in [6, 6.07) is 32.1. The minimum atomic E-state index is -0.615. The molecule has 0 spiro atoms. The van der Waals surface area contributed by atoms with E-state index < -0.39 is 35.6 Å². The van der Waals surface area contributed by atoms with Crippen molar-refractivity contribution in [2.24, 2.45) is 0 Å². The van der Waals surface area contributed by atoms with Gasteiger partial charge >= 0.3 is 0 Å². The number of hydrogen-bond acceptors (Lipinski definition) is 4. The molecule has 61 heavy (non-hydrogen) atoms. The van der Waals surface area contributed by atoms with Gasteiger partial charge in [0.15, 0.2) is 0 Å². The number of nitrogens with zero attached hydrogens (tertiary/aromatic N) is 4. The van der Waals surface area contributed by atoms with Crippen molar-refractivity contribution in [3.8, 4) is 39.6 Å². The summed E-state index contributed by atoms with van der Waals surface area (Å²) in [5, 5.41) is 1.69. The normalized spacial score (nSPS) is 15.2. The third kappa shape index (κ3) is 7.53. The van der Waals surface area contributed by atoms with Crippen LogP contribution in [0.5, 0.6) is 11.5 Å². The fourth-order valence-corrected chi connectivity index (χ4v) is 7.76. The van der Waals surface area contributed by atoms with Gasteiger partial charge in [-0.2, -0.15) is 12.1 Å². The molecule has 0 amide bonds. The molecule has 0 saturated carbocycles. The number of aromatic nitrogens is 2. The maximum atomic E-state index is 9.32. The quantitative estimate of drug-likeness (QED) is 0.135. The summed E-state index contributed by atoms with van der Waals surface area (Å²) in [5.41, 5.74) is 4.42. The van der Waals surface area contributed by atoms with Gasteiger partial charge in [0.05, 0.1) is 16.4 Å². The molecule has 5 nitrogen and oxygen atoms in total. The maximum Gasteiger partial charge on any atom is 0.135 e. The van der Waals surface area contributed by atoms with Crippen LogP contribution >= 0.6 is 0 Å². The number of para-hydroxylation sites is 3. The van der Waals surface area contributed by atoms with Crippen LogP contribution in [0.4, 0.5) is 22.7 Å². The molecule has 0 radical (unpaired) electrons. The van der Waals surface area contributed by atoms with Gasteiger partial charge in [-0.25, -0.2) is 4.98 Å². The van der Waals surface area contributed by atoms with Crippen molar-refractivity contribution < 1.29 is 42.3 Å². The second-order valence-electron chi connectivity index (χ2n) is 15.6. The van der Waals surface area contributed by atoms with E-state index >= 15 is 0 Å². The van der Waals surface area contributed by atoms with Gasteiger partial charge in [0.2, 0.25) is 0 Å². The van der Waals surface area contributed by atoms with Crippen molar-refractivity contribution in [2.45, 2.75) is 46.0 Å². The van der Waals surface area contributed by atoms with Crippen molar-refractivity contribution in [1.82, 2.24) is 9.55 Å². The van der Waals surface area contributed by atoms with E-state index in [-0.39, 0.29) is 86.0 Å². The summed E-state index contributed by atoms with van der Waals surface area (Å²) >= 11 is 0. The summed E-state index contributed by atoms with van der Waals surface area (Å²) in [6.45, 7) is 9.47. The summed E-state index contributed by atoms with van der Waals surface area (Å²) in [5.74, 6) is 0.839. The van der Waals surface area contributed by atoms with Gasteiger partial charge in [-0.3, -0.25) is 0 Å². The van der Waals surface area contributed by atoms with Crippen LogP contribution in [0.3, 0.4) is 0 Å². The van der Waals surface area contributed by atoms with E-state index in [9.17, 15) is 1.37 Å². The Morgan fingerprint density at radius 3 is 2.18 bits per heavy atom. The van der Waals surface area contributed by atoms with Crippen molar-refractivity contribution in [3.05, 3.63) is 200 Å². The average molecular weight is 985 g/mol. The summed E-state index contributed by atoms with van der Waals surface area (Å²) in [4.78, 5) is 8.15. The molecular weight excluding hydrogens is 928 g/mol. The second-order valence-corrected chi connectivity index (χ2v) is 15.6. The molecule has 304 valence electrons. The molecule has 7 aromatic carbocycles. The monoisotopic (exact) mass is 984 g/mol. The third-order valence-electron chi connectivity index (χ3n) is 10.5. The van der Waals surface area contributed by atoms with E-state index in [0.717, 1.165) is 16.3 Å². The zero-order valence-electron chi connectivity index (χ0n) is 45.7. The number of hydrogen-bond donors (Lipinski definition) is 0. The first kappa shape index (κ1) is 28.2. The largest absolute Gasteiger partial charge is 0.509 e. The standard InChI is InChI=1S/C55H45N4O.Pt/c1-5-17-38-32-47(39-18-8-6-9-19-39)54(48(33-38)40-20-10-7-11-21-40)58-37-57(50-26-14-15-27-51(50)58)42-22-16-23-43(35-42)60-44-28-29-46-45-24-12-13-25-49(45)59(52(46)36-44)53-34-41(30-31-56-53)55(2,3)4;/h6-16,18-34,37H,5,17H2,1-4H3;/q-3;/i6D,7D,8D,9D,10D,18D,19D,20D,21D,30D,31D,34D;. The van der Waals surface area contributed by atoms with E-state index in [4.69, 9.17) is 19.8 Å². The molecule has 0 N–H and O–H groups in total. The minimum absolute atomic E-state index is 0. The molecule has 0 saturated heterocycles. The molecule has 0 unspecified atom stereocenters. The van der Waals surface area contributed by atoms with E-state index in [1.54, 1.807) is 40.4 Å². The maximum absolute atomic E-state index is 9.32. The van der Waals surface area contributed by atoms with Gasteiger partial charge in [0.25, 0.3) is 0 Å². The van der Waals surface area contributed by atoms with Crippen LogP contribution in [0.15, 0.2) is 170 Å². The average Bonchev–Trinajstić information content (AvgIpc) is 3.89. The molecule has 0 bridgehead atoms. The molecule has 0 atom stereocenters.